The predicted octanol–water partition coefficient (Wildman–Crippen LogP) is 1.99. The molecule has 174 valence electrons. The summed E-state index contributed by atoms with van der Waals surface area (Å²) in [5, 5.41) is 5.44. The summed E-state index contributed by atoms with van der Waals surface area (Å²) >= 11 is 0. The summed E-state index contributed by atoms with van der Waals surface area (Å²) in [6, 6.07) is 13.0. The Morgan fingerprint density at radius 2 is 1.82 bits per heavy atom. The number of amides is 3. The van der Waals surface area contributed by atoms with E-state index in [-0.39, 0.29) is 5.56 Å². The fraction of sp³-hybridized carbons (Fsp3) is 0.375. The SMILES string of the molecule is CN1C(=O)C(NC(=O)NCCCN2CCOCC2)N=C(c2ccccc2F)c2ccccc21. The van der Waals surface area contributed by atoms with Gasteiger partial charge in [0, 0.05) is 37.8 Å². The molecule has 0 aromatic heterocycles. The van der Waals surface area contributed by atoms with Crippen molar-refractivity contribution in [3.05, 3.63) is 65.5 Å². The van der Waals surface area contributed by atoms with E-state index < -0.39 is 23.9 Å². The summed E-state index contributed by atoms with van der Waals surface area (Å²) in [5.74, 6) is -0.855. The van der Waals surface area contributed by atoms with Crippen molar-refractivity contribution in [3.8, 4) is 0 Å². The predicted molar refractivity (Wildman–Crippen MR) is 124 cm³/mol. The standard InChI is InChI=1S/C24H28FN5O3/c1-29-20-10-5-3-8-18(20)21(17-7-2-4-9-19(17)25)27-22(23(29)31)28-24(32)26-11-6-12-30-13-15-33-16-14-30/h2-5,7-10,22H,6,11-16H2,1H3,(H2,26,28,32). The van der Waals surface area contributed by atoms with E-state index in [4.69, 9.17) is 4.74 Å². The molecule has 9 heteroatoms. The topological polar surface area (TPSA) is 86.3 Å². The van der Waals surface area contributed by atoms with E-state index in [0.29, 0.717) is 23.5 Å². The summed E-state index contributed by atoms with van der Waals surface area (Å²) in [6.07, 6.45) is -0.405. The van der Waals surface area contributed by atoms with Crippen molar-refractivity contribution in [3.63, 3.8) is 0 Å². The van der Waals surface area contributed by atoms with Gasteiger partial charge in [-0.3, -0.25) is 9.69 Å². The number of para-hydroxylation sites is 1. The monoisotopic (exact) mass is 453 g/mol. The maximum absolute atomic E-state index is 14.7. The third-order valence-electron chi connectivity index (χ3n) is 5.78. The molecule has 8 nitrogen and oxygen atoms in total. The number of hydrogen-bond donors (Lipinski definition) is 2. The maximum atomic E-state index is 14.7. The number of aliphatic imine (C=N–C) groups is 1. The van der Waals surface area contributed by atoms with E-state index in [9.17, 15) is 14.0 Å². The minimum Gasteiger partial charge on any atom is -0.379 e. The number of benzene rings is 2. The zero-order valence-electron chi connectivity index (χ0n) is 18.6. The molecule has 1 unspecified atom stereocenters. The van der Waals surface area contributed by atoms with Crippen molar-refractivity contribution in [1.82, 2.24) is 15.5 Å². The number of nitrogens with zero attached hydrogens (tertiary/aromatic N) is 3. The first-order valence-corrected chi connectivity index (χ1v) is 11.1. The Balaban J connectivity index is 1.49. The number of carbonyl (C=O) groups excluding carboxylic acids is 2. The van der Waals surface area contributed by atoms with Crippen molar-refractivity contribution < 1.29 is 18.7 Å². The Morgan fingerprint density at radius 3 is 2.58 bits per heavy atom. The number of morpholine rings is 1. The van der Waals surface area contributed by atoms with Crippen LogP contribution in [0.15, 0.2) is 53.5 Å². The van der Waals surface area contributed by atoms with Crippen molar-refractivity contribution >= 4 is 23.3 Å². The van der Waals surface area contributed by atoms with Crippen LogP contribution in [0.5, 0.6) is 0 Å². The molecule has 1 fully saturated rings. The first kappa shape index (κ1) is 22.9. The Morgan fingerprint density at radius 1 is 1.12 bits per heavy atom. The van der Waals surface area contributed by atoms with E-state index in [1.54, 1.807) is 43.4 Å². The number of rotatable bonds is 6. The third kappa shape index (κ3) is 5.37. The van der Waals surface area contributed by atoms with Gasteiger partial charge in [-0.25, -0.2) is 14.2 Å². The summed E-state index contributed by atoms with van der Waals surface area (Å²) in [6.45, 7) is 4.57. The summed E-state index contributed by atoms with van der Waals surface area (Å²) < 4.78 is 20.0. The van der Waals surface area contributed by atoms with Crippen molar-refractivity contribution in [2.75, 3.05) is 51.3 Å². The number of carbonyl (C=O) groups is 2. The molecule has 2 N–H and O–H groups in total. The second-order valence-corrected chi connectivity index (χ2v) is 7.98. The van der Waals surface area contributed by atoms with Gasteiger partial charge < -0.3 is 20.3 Å². The van der Waals surface area contributed by atoms with Gasteiger partial charge in [-0.2, -0.15) is 0 Å². The molecule has 1 saturated heterocycles. The summed E-state index contributed by atoms with van der Waals surface area (Å²) in [4.78, 5) is 33.9. The minimum absolute atomic E-state index is 0.269. The van der Waals surface area contributed by atoms with Gasteiger partial charge in [0.15, 0.2) is 0 Å². The lowest BCUT2D eigenvalue weighted by molar-refractivity contribution is -0.119. The zero-order chi connectivity index (χ0) is 23.2. The van der Waals surface area contributed by atoms with Crippen LogP contribution in [-0.4, -0.2) is 75.2 Å². The van der Waals surface area contributed by atoms with E-state index in [2.05, 4.69) is 20.5 Å². The van der Waals surface area contributed by atoms with Crippen LogP contribution in [0, 0.1) is 5.82 Å². The zero-order valence-corrected chi connectivity index (χ0v) is 18.6. The summed E-state index contributed by atoms with van der Waals surface area (Å²) in [7, 11) is 1.62. The molecule has 0 bridgehead atoms. The normalized spacial score (nSPS) is 18.8. The average Bonchev–Trinajstić information content (AvgIpc) is 2.94. The van der Waals surface area contributed by atoms with E-state index in [0.717, 1.165) is 39.3 Å². The van der Waals surface area contributed by atoms with Gasteiger partial charge in [0.1, 0.15) is 5.82 Å². The van der Waals surface area contributed by atoms with Crippen LogP contribution in [0.4, 0.5) is 14.9 Å². The van der Waals surface area contributed by atoms with Gasteiger partial charge in [0.2, 0.25) is 6.17 Å². The molecule has 2 aromatic rings. The van der Waals surface area contributed by atoms with E-state index in [1.165, 1.54) is 11.0 Å². The van der Waals surface area contributed by atoms with Crippen LogP contribution in [-0.2, 0) is 9.53 Å². The molecule has 2 heterocycles. The number of hydrogen-bond acceptors (Lipinski definition) is 5. The summed E-state index contributed by atoms with van der Waals surface area (Å²) in [5.41, 5.74) is 1.80. The van der Waals surface area contributed by atoms with E-state index in [1.807, 2.05) is 6.07 Å². The van der Waals surface area contributed by atoms with Crippen LogP contribution < -0.4 is 15.5 Å². The lowest BCUT2D eigenvalue weighted by Crippen LogP contribution is -2.49. The third-order valence-corrected chi connectivity index (χ3v) is 5.78. The molecule has 0 radical (unpaired) electrons. The number of fused-ring (bicyclic) bond motifs is 1. The van der Waals surface area contributed by atoms with Crippen LogP contribution in [0.25, 0.3) is 0 Å². The first-order valence-electron chi connectivity index (χ1n) is 11.1. The number of halogens is 1. The van der Waals surface area contributed by atoms with Gasteiger partial charge in [-0.05, 0) is 31.2 Å². The van der Waals surface area contributed by atoms with Gasteiger partial charge in [0.25, 0.3) is 5.91 Å². The Kier molecular flexibility index (Phi) is 7.31. The lowest BCUT2D eigenvalue weighted by atomic mass is 10.00. The first-order chi connectivity index (χ1) is 16.0. The van der Waals surface area contributed by atoms with Gasteiger partial charge in [-0.1, -0.05) is 30.3 Å². The highest BCUT2D eigenvalue weighted by Gasteiger charge is 2.31. The van der Waals surface area contributed by atoms with Crippen molar-refractivity contribution in [2.45, 2.75) is 12.6 Å². The van der Waals surface area contributed by atoms with Crippen LogP contribution in [0.3, 0.4) is 0 Å². The average molecular weight is 454 g/mol. The molecule has 2 aromatic carbocycles. The Labute approximate surface area is 192 Å². The molecule has 4 rings (SSSR count). The molecule has 0 spiro atoms. The second kappa shape index (κ2) is 10.5. The fourth-order valence-electron chi connectivity index (χ4n) is 3.99. The highest BCUT2D eigenvalue weighted by atomic mass is 19.1. The molecule has 0 aliphatic carbocycles. The molecular weight excluding hydrogens is 425 g/mol. The number of nitrogens with one attached hydrogen (secondary N) is 2. The van der Waals surface area contributed by atoms with Gasteiger partial charge >= 0.3 is 6.03 Å². The number of benzodiazepines with no additional fused rings is 1. The molecule has 3 amide bonds. The molecule has 2 aliphatic rings. The lowest BCUT2D eigenvalue weighted by Gasteiger charge is -2.26. The number of likely N-dealkylation sites (N-methyl/N-ethyl adjacent to an activating group) is 1. The number of anilines is 1. The second-order valence-electron chi connectivity index (χ2n) is 7.98. The van der Waals surface area contributed by atoms with Crippen molar-refractivity contribution in [2.24, 2.45) is 4.99 Å². The van der Waals surface area contributed by atoms with Gasteiger partial charge in [0.05, 0.1) is 24.6 Å². The number of urea groups is 1. The molecule has 2 aliphatic heterocycles. The largest absolute Gasteiger partial charge is 0.379 e. The Bertz CT molecular complexity index is 1040. The van der Waals surface area contributed by atoms with E-state index >= 15 is 0 Å². The highest BCUT2D eigenvalue weighted by molar-refractivity contribution is 6.20. The molecule has 0 saturated carbocycles. The van der Waals surface area contributed by atoms with Crippen LogP contribution in [0.2, 0.25) is 0 Å². The molecular formula is C24H28FN5O3. The quantitative estimate of drug-likeness (QED) is 0.655. The minimum atomic E-state index is -1.18. The molecule has 1 atom stereocenters. The highest BCUT2D eigenvalue weighted by Crippen LogP contribution is 2.27. The van der Waals surface area contributed by atoms with Gasteiger partial charge in [-0.15, -0.1) is 0 Å². The van der Waals surface area contributed by atoms with Crippen LogP contribution >= 0.6 is 0 Å². The maximum Gasteiger partial charge on any atom is 0.316 e. The number of ether oxygens (including phenoxy) is 1. The van der Waals surface area contributed by atoms with Crippen LogP contribution in [0.1, 0.15) is 17.5 Å². The van der Waals surface area contributed by atoms with Crippen molar-refractivity contribution in [1.29, 1.82) is 0 Å². The Hall–Kier alpha value is -3.30. The molecule has 33 heavy (non-hydrogen) atoms. The fourth-order valence-corrected chi connectivity index (χ4v) is 3.99. The smallest absolute Gasteiger partial charge is 0.316 e.